The van der Waals surface area contributed by atoms with Crippen LogP contribution in [0.1, 0.15) is 24.8 Å². The molecule has 0 saturated carbocycles. The lowest BCUT2D eigenvalue weighted by atomic mass is 10.2. The van der Waals surface area contributed by atoms with Crippen LogP contribution < -0.4 is 15.8 Å². The first-order chi connectivity index (χ1) is 9.11. The van der Waals surface area contributed by atoms with Crippen LogP contribution in [-0.4, -0.2) is 6.61 Å². The largest absolute Gasteiger partial charge is 0.491 e. The molecule has 0 amide bonds. The first-order valence-corrected chi connectivity index (χ1v) is 7.01. The van der Waals surface area contributed by atoms with E-state index in [2.05, 4.69) is 5.32 Å². The molecule has 102 valence electrons. The van der Waals surface area contributed by atoms with Crippen molar-refractivity contribution in [2.75, 3.05) is 17.7 Å². The number of hydrogen-bond donors (Lipinski definition) is 2. The van der Waals surface area contributed by atoms with E-state index in [-0.39, 0.29) is 11.8 Å². The normalized spacial score (nSPS) is 12.2. The molecule has 1 heterocycles. The van der Waals surface area contributed by atoms with Gasteiger partial charge in [-0.25, -0.2) is 4.39 Å². The van der Waals surface area contributed by atoms with Crippen LogP contribution in [0, 0.1) is 5.82 Å². The Morgan fingerprint density at radius 1 is 1.47 bits per heavy atom. The summed E-state index contributed by atoms with van der Waals surface area (Å²) in [6.07, 6.45) is 0. The highest BCUT2D eigenvalue weighted by molar-refractivity contribution is 7.10. The van der Waals surface area contributed by atoms with E-state index >= 15 is 0 Å². The molecule has 3 N–H and O–H groups in total. The summed E-state index contributed by atoms with van der Waals surface area (Å²) in [5.41, 5.74) is 6.90. The maximum Gasteiger partial charge on any atom is 0.167 e. The third-order valence-electron chi connectivity index (χ3n) is 2.75. The third-order valence-corrected chi connectivity index (χ3v) is 3.80. The van der Waals surface area contributed by atoms with Crippen molar-refractivity contribution >= 4 is 22.7 Å². The van der Waals surface area contributed by atoms with E-state index < -0.39 is 5.82 Å². The number of thiophene rings is 1. The van der Waals surface area contributed by atoms with E-state index in [1.54, 1.807) is 17.4 Å². The maximum atomic E-state index is 13.6. The Labute approximate surface area is 116 Å². The minimum atomic E-state index is -0.436. The van der Waals surface area contributed by atoms with Gasteiger partial charge in [-0.3, -0.25) is 0 Å². The molecule has 1 aromatic carbocycles. The molecule has 0 aliphatic heterocycles. The van der Waals surface area contributed by atoms with Crippen molar-refractivity contribution in [1.82, 2.24) is 0 Å². The molecule has 0 spiro atoms. The monoisotopic (exact) mass is 280 g/mol. The second-order valence-electron chi connectivity index (χ2n) is 4.18. The number of hydrogen-bond acceptors (Lipinski definition) is 4. The molecule has 0 aliphatic carbocycles. The second kappa shape index (κ2) is 5.93. The van der Waals surface area contributed by atoms with Gasteiger partial charge in [0.2, 0.25) is 0 Å². The fourth-order valence-corrected chi connectivity index (χ4v) is 2.54. The minimum Gasteiger partial charge on any atom is -0.491 e. The van der Waals surface area contributed by atoms with Crippen molar-refractivity contribution in [3.05, 3.63) is 40.3 Å². The first kappa shape index (κ1) is 13.7. The van der Waals surface area contributed by atoms with Crippen LogP contribution in [0.5, 0.6) is 5.75 Å². The van der Waals surface area contributed by atoms with Gasteiger partial charge in [0.05, 0.1) is 24.0 Å². The molecule has 1 aromatic heterocycles. The predicted molar refractivity (Wildman–Crippen MR) is 78.3 cm³/mol. The highest BCUT2D eigenvalue weighted by atomic mass is 32.1. The van der Waals surface area contributed by atoms with E-state index in [1.807, 2.05) is 31.4 Å². The van der Waals surface area contributed by atoms with Gasteiger partial charge in [-0.05, 0) is 25.3 Å². The summed E-state index contributed by atoms with van der Waals surface area (Å²) in [5, 5.41) is 5.30. The molecular weight excluding hydrogens is 263 g/mol. The lowest BCUT2D eigenvalue weighted by molar-refractivity contribution is 0.322. The average Bonchev–Trinajstić information content (AvgIpc) is 2.89. The van der Waals surface area contributed by atoms with Gasteiger partial charge in [-0.1, -0.05) is 6.07 Å². The lowest BCUT2D eigenvalue weighted by Gasteiger charge is -2.17. The van der Waals surface area contributed by atoms with Crippen molar-refractivity contribution in [1.29, 1.82) is 0 Å². The van der Waals surface area contributed by atoms with Gasteiger partial charge >= 0.3 is 0 Å². The molecule has 0 bridgehead atoms. The number of anilines is 2. The van der Waals surface area contributed by atoms with Crippen LogP contribution in [0.3, 0.4) is 0 Å². The van der Waals surface area contributed by atoms with Gasteiger partial charge in [0.1, 0.15) is 0 Å². The molecule has 1 unspecified atom stereocenters. The highest BCUT2D eigenvalue weighted by Gasteiger charge is 2.12. The summed E-state index contributed by atoms with van der Waals surface area (Å²) in [4.78, 5) is 1.20. The van der Waals surface area contributed by atoms with Gasteiger partial charge in [0, 0.05) is 17.0 Å². The van der Waals surface area contributed by atoms with Gasteiger partial charge in [-0.15, -0.1) is 11.3 Å². The summed E-state index contributed by atoms with van der Waals surface area (Å²) in [6, 6.07) is 7.05. The molecule has 2 rings (SSSR count). The Morgan fingerprint density at radius 3 is 2.89 bits per heavy atom. The van der Waals surface area contributed by atoms with Crippen molar-refractivity contribution in [3.63, 3.8) is 0 Å². The van der Waals surface area contributed by atoms with E-state index in [0.717, 1.165) is 0 Å². The Morgan fingerprint density at radius 2 is 2.26 bits per heavy atom. The smallest absolute Gasteiger partial charge is 0.167 e. The van der Waals surface area contributed by atoms with Crippen LogP contribution in [0.15, 0.2) is 29.6 Å². The van der Waals surface area contributed by atoms with Crippen LogP contribution in [0.25, 0.3) is 0 Å². The average molecular weight is 280 g/mol. The van der Waals surface area contributed by atoms with Crippen molar-refractivity contribution in [3.8, 4) is 5.75 Å². The number of rotatable bonds is 5. The number of nitrogens with one attached hydrogen (secondary N) is 1. The van der Waals surface area contributed by atoms with Crippen molar-refractivity contribution < 1.29 is 9.13 Å². The Hall–Kier alpha value is -1.75. The van der Waals surface area contributed by atoms with E-state index in [9.17, 15) is 4.39 Å². The molecular formula is C14H17FN2OS. The maximum absolute atomic E-state index is 13.6. The predicted octanol–water partition coefficient (Wildman–Crippen LogP) is 4.04. The second-order valence-corrected chi connectivity index (χ2v) is 5.16. The lowest BCUT2D eigenvalue weighted by Crippen LogP contribution is -2.08. The van der Waals surface area contributed by atoms with Crippen LogP contribution >= 0.6 is 11.3 Å². The van der Waals surface area contributed by atoms with E-state index in [4.69, 9.17) is 10.5 Å². The van der Waals surface area contributed by atoms with Crippen LogP contribution in [0.4, 0.5) is 15.8 Å². The molecule has 3 nitrogen and oxygen atoms in total. The van der Waals surface area contributed by atoms with E-state index in [1.165, 1.54) is 10.9 Å². The molecule has 0 fully saturated rings. The molecule has 5 heteroatoms. The minimum absolute atomic E-state index is 0.113. The molecule has 0 radical (unpaired) electrons. The van der Waals surface area contributed by atoms with Crippen LogP contribution in [0.2, 0.25) is 0 Å². The number of nitrogens with two attached hydrogens (primary N) is 1. The summed E-state index contributed by atoms with van der Waals surface area (Å²) < 4.78 is 18.8. The zero-order valence-electron chi connectivity index (χ0n) is 10.9. The van der Waals surface area contributed by atoms with Gasteiger partial charge in [-0.2, -0.15) is 0 Å². The molecule has 2 aromatic rings. The van der Waals surface area contributed by atoms with Gasteiger partial charge < -0.3 is 15.8 Å². The quantitative estimate of drug-likeness (QED) is 0.812. The standard InChI is InChI=1S/C14H17FN2OS/c1-3-18-13-8-12(11(16)7-10(13)15)17-9(2)14-5-4-6-19-14/h4-9,17H,3,16H2,1-2H3. The number of halogens is 1. The topological polar surface area (TPSA) is 47.3 Å². The zero-order valence-corrected chi connectivity index (χ0v) is 11.8. The zero-order chi connectivity index (χ0) is 13.8. The first-order valence-electron chi connectivity index (χ1n) is 6.13. The Kier molecular flexibility index (Phi) is 4.27. The van der Waals surface area contributed by atoms with Gasteiger partial charge in [0.15, 0.2) is 11.6 Å². The molecule has 1 atom stereocenters. The number of benzene rings is 1. The number of nitrogen functional groups attached to an aromatic ring is 1. The fraction of sp³-hybridized carbons (Fsp3) is 0.286. The van der Waals surface area contributed by atoms with Crippen molar-refractivity contribution in [2.24, 2.45) is 0 Å². The SMILES string of the molecule is CCOc1cc(NC(C)c2cccs2)c(N)cc1F. The third kappa shape index (κ3) is 3.17. The highest BCUT2D eigenvalue weighted by Crippen LogP contribution is 2.31. The number of ether oxygens (including phenoxy) is 1. The summed E-state index contributed by atoms with van der Waals surface area (Å²) in [7, 11) is 0. The van der Waals surface area contributed by atoms with Gasteiger partial charge in [0.25, 0.3) is 0 Å². The summed E-state index contributed by atoms with van der Waals surface area (Å²) >= 11 is 1.67. The summed E-state index contributed by atoms with van der Waals surface area (Å²) in [6.45, 7) is 4.27. The van der Waals surface area contributed by atoms with Crippen LogP contribution in [-0.2, 0) is 0 Å². The summed E-state index contributed by atoms with van der Waals surface area (Å²) in [5.74, 6) is -0.216. The molecule has 0 aliphatic rings. The van der Waals surface area contributed by atoms with Crippen molar-refractivity contribution in [2.45, 2.75) is 19.9 Å². The fourth-order valence-electron chi connectivity index (χ4n) is 1.80. The van der Waals surface area contributed by atoms with E-state index in [0.29, 0.717) is 18.0 Å². The Balaban J connectivity index is 2.22. The molecule has 0 saturated heterocycles. The molecule has 19 heavy (non-hydrogen) atoms. The Bertz CT molecular complexity index is 543.